The Balaban J connectivity index is 1.43. The third kappa shape index (κ3) is 6.37. The maximum absolute atomic E-state index is 12.8. The zero-order valence-corrected chi connectivity index (χ0v) is 24.6. The van der Waals surface area contributed by atoms with E-state index in [0.717, 1.165) is 11.1 Å². The Hall–Kier alpha value is -5.13. The number of carbonyl (C=O) groups excluding carboxylic acids is 1. The number of rotatable bonds is 9. The van der Waals surface area contributed by atoms with Gasteiger partial charge in [-0.3, -0.25) is 0 Å². The molecule has 0 spiro atoms. The molecule has 1 heterocycles. The summed E-state index contributed by atoms with van der Waals surface area (Å²) in [5, 5.41) is 10.3. The number of carbonyl (C=O) groups is 1. The third-order valence-corrected chi connectivity index (χ3v) is 7.20. The van der Waals surface area contributed by atoms with Crippen molar-refractivity contribution >= 4 is 17.6 Å². The summed E-state index contributed by atoms with van der Waals surface area (Å²) in [6.45, 7) is 4.72. The van der Waals surface area contributed by atoms with Crippen molar-refractivity contribution in [1.29, 1.82) is 5.26 Å². The minimum Gasteiger partial charge on any atom is -0.495 e. The van der Waals surface area contributed by atoms with Crippen LogP contribution in [-0.2, 0) is 6.61 Å². The highest BCUT2D eigenvalue weighted by Gasteiger charge is 2.32. The summed E-state index contributed by atoms with van der Waals surface area (Å²) in [6, 6.07) is 25.4. The van der Waals surface area contributed by atoms with Crippen LogP contribution in [0.3, 0.4) is 0 Å². The van der Waals surface area contributed by atoms with Crippen LogP contribution in [0.1, 0.15) is 45.5 Å². The van der Waals surface area contributed by atoms with Gasteiger partial charge in [0.2, 0.25) is 5.88 Å². The minimum atomic E-state index is -0.610. The highest BCUT2D eigenvalue weighted by atomic mass is 35.5. The first-order valence-electron chi connectivity index (χ1n) is 13.5. The van der Waals surface area contributed by atoms with E-state index in [0.29, 0.717) is 41.8 Å². The molecule has 8 nitrogen and oxygen atoms in total. The summed E-state index contributed by atoms with van der Waals surface area (Å²) in [5.41, 5.74) is 10.4. The molecule has 0 bridgehead atoms. The molecule has 0 saturated heterocycles. The van der Waals surface area contributed by atoms with E-state index in [4.69, 9.17) is 41.0 Å². The number of nitrogens with zero attached hydrogens (tertiary/aromatic N) is 1. The lowest BCUT2D eigenvalue weighted by molar-refractivity contribution is 0.0734. The van der Waals surface area contributed by atoms with Gasteiger partial charge >= 0.3 is 5.97 Å². The van der Waals surface area contributed by atoms with Crippen LogP contribution in [0.2, 0.25) is 5.02 Å². The molecule has 0 radical (unpaired) electrons. The van der Waals surface area contributed by atoms with Gasteiger partial charge in [0.05, 0.1) is 30.2 Å². The number of methoxy groups -OCH3 is 1. The fraction of sp³-hybridized carbons (Fsp3) is 0.176. The number of hydrogen-bond acceptors (Lipinski definition) is 8. The Morgan fingerprint density at radius 2 is 1.74 bits per heavy atom. The zero-order chi connectivity index (χ0) is 30.5. The summed E-state index contributed by atoms with van der Waals surface area (Å²) in [6.07, 6.45) is 0. The monoisotopic (exact) mass is 596 g/mol. The van der Waals surface area contributed by atoms with Gasteiger partial charge in [0, 0.05) is 11.6 Å². The van der Waals surface area contributed by atoms with Crippen LogP contribution in [0.25, 0.3) is 0 Å². The predicted molar refractivity (Wildman–Crippen MR) is 162 cm³/mol. The van der Waals surface area contributed by atoms with Crippen molar-refractivity contribution in [2.24, 2.45) is 5.73 Å². The normalized spacial score (nSPS) is 13.8. The van der Waals surface area contributed by atoms with Crippen molar-refractivity contribution in [1.82, 2.24) is 0 Å². The molecule has 0 fully saturated rings. The van der Waals surface area contributed by atoms with E-state index in [1.165, 1.54) is 18.7 Å². The van der Waals surface area contributed by atoms with Gasteiger partial charge < -0.3 is 29.4 Å². The van der Waals surface area contributed by atoms with Gasteiger partial charge in [-0.15, -0.1) is 0 Å². The van der Waals surface area contributed by atoms with Crippen molar-refractivity contribution in [3.63, 3.8) is 0 Å². The Morgan fingerprint density at radius 3 is 2.44 bits per heavy atom. The summed E-state index contributed by atoms with van der Waals surface area (Å²) in [4.78, 5) is 12.8. The number of ether oxygens (including phenoxy) is 5. The Bertz CT molecular complexity index is 1740. The van der Waals surface area contributed by atoms with E-state index >= 15 is 0 Å². The van der Waals surface area contributed by atoms with Crippen LogP contribution >= 0.6 is 11.6 Å². The topological polar surface area (TPSA) is 113 Å². The molecule has 218 valence electrons. The summed E-state index contributed by atoms with van der Waals surface area (Å²) in [5.74, 6) is 0.956. The van der Waals surface area contributed by atoms with Crippen LogP contribution in [0, 0.1) is 18.3 Å². The molecule has 1 unspecified atom stereocenters. The molecule has 0 saturated carbocycles. The zero-order valence-electron chi connectivity index (χ0n) is 23.8. The van der Waals surface area contributed by atoms with Crippen molar-refractivity contribution in [3.8, 4) is 34.8 Å². The van der Waals surface area contributed by atoms with Gasteiger partial charge in [0.25, 0.3) is 0 Å². The Labute approximate surface area is 254 Å². The van der Waals surface area contributed by atoms with E-state index < -0.39 is 11.9 Å². The third-order valence-electron chi connectivity index (χ3n) is 6.90. The maximum Gasteiger partial charge on any atom is 0.343 e. The van der Waals surface area contributed by atoms with Gasteiger partial charge in [-0.05, 0) is 61.4 Å². The van der Waals surface area contributed by atoms with E-state index in [1.54, 1.807) is 30.3 Å². The Morgan fingerprint density at radius 1 is 0.977 bits per heavy atom. The molecule has 2 N–H and O–H groups in total. The van der Waals surface area contributed by atoms with E-state index in [2.05, 4.69) is 6.07 Å². The van der Waals surface area contributed by atoms with Gasteiger partial charge in [0.15, 0.2) is 11.5 Å². The van der Waals surface area contributed by atoms with Crippen LogP contribution in [0.15, 0.2) is 90.3 Å². The van der Waals surface area contributed by atoms with Crippen LogP contribution < -0.4 is 29.4 Å². The fourth-order valence-corrected chi connectivity index (χ4v) is 5.00. The lowest BCUT2D eigenvalue weighted by atomic mass is 9.83. The molecule has 0 aliphatic carbocycles. The number of allylic oxidation sites excluding steroid dienone is 1. The van der Waals surface area contributed by atoms with Crippen LogP contribution in [0.4, 0.5) is 0 Å². The number of esters is 1. The number of hydrogen-bond donors (Lipinski definition) is 1. The van der Waals surface area contributed by atoms with Crippen LogP contribution in [-0.4, -0.2) is 19.7 Å². The molecule has 4 aromatic carbocycles. The molecule has 1 aliphatic heterocycles. The molecule has 5 rings (SSSR count). The van der Waals surface area contributed by atoms with Gasteiger partial charge in [0.1, 0.15) is 35.5 Å². The molecule has 43 heavy (non-hydrogen) atoms. The first kappa shape index (κ1) is 29.4. The second-order valence-electron chi connectivity index (χ2n) is 9.78. The first-order valence-corrected chi connectivity index (χ1v) is 13.9. The standard InChI is InChI=1S/C34H29ClN2O6/c1-4-40-31-16-22(9-14-29(31)41-19-21-7-5-20(2)6-8-21)32-25-12-11-24(17-30(25)43-33(37)26(32)18-36)42-34(38)23-10-13-28(39-3)27(35)15-23/h5-17,32H,4,19,37H2,1-3H3. The van der Waals surface area contributed by atoms with Crippen molar-refractivity contribution in [2.45, 2.75) is 26.4 Å². The first-order chi connectivity index (χ1) is 20.8. The average molecular weight is 597 g/mol. The lowest BCUT2D eigenvalue weighted by Gasteiger charge is -2.27. The Kier molecular flexibility index (Phi) is 8.74. The maximum atomic E-state index is 12.8. The molecule has 1 aliphatic rings. The van der Waals surface area contributed by atoms with Crippen LogP contribution in [0.5, 0.6) is 28.7 Å². The van der Waals surface area contributed by atoms with E-state index in [1.807, 2.05) is 56.3 Å². The average Bonchev–Trinajstić information content (AvgIpc) is 3.00. The molecule has 0 amide bonds. The number of nitriles is 1. The van der Waals surface area contributed by atoms with Gasteiger partial charge in [-0.1, -0.05) is 53.6 Å². The quantitative estimate of drug-likeness (QED) is 0.161. The largest absolute Gasteiger partial charge is 0.495 e. The summed E-state index contributed by atoms with van der Waals surface area (Å²) >= 11 is 6.17. The fourth-order valence-electron chi connectivity index (χ4n) is 4.74. The summed E-state index contributed by atoms with van der Waals surface area (Å²) in [7, 11) is 1.49. The van der Waals surface area contributed by atoms with E-state index in [9.17, 15) is 10.1 Å². The highest BCUT2D eigenvalue weighted by molar-refractivity contribution is 6.32. The molecule has 9 heteroatoms. The smallest absolute Gasteiger partial charge is 0.343 e. The predicted octanol–water partition coefficient (Wildman–Crippen LogP) is 7.07. The molecule has 0 aromatic heterocycles. The van der Waals surface area contributed by atoms with E-state index in [-0.39, 0.29) is 27.8 Å². The van der Waals surface area contributed by atoms with Crippen molar-refractivity contribution in [2.75, 3.05) is 13.7 Å². The van der Waals surface area contributed by atoms with Gasteiger partial charge in [-0.2, -0.15) is 5.26 Å². The second-order valence-corrected chi connectivity index (χ2v) is 10.2. The van der Waals surface area contributed by atoms with Crippen molar-refractivity contribution < 1.29 is 28.5 Å². The second kappa shape index (κ2) is 12.8. The number of halogens is 1. The number of fused-ring (bicyclic) bond motifs is 1. The molecule has 1 atom stereocenters. The summed E-state index contributed by atoms with van der Waals surface area (Å²) < 4.78 is 28.6. The molecular formula is C34H29ClN2O6. The number of aryl methyl sites for hydroxylation is 1. The SMILES string of the molecule is CCOc1cc(C2C(C#N)=C(N)Oc3cc(OC(=O)c4ccc(OC)c(Cl)c4)ccc32)ccc1OCc1ccc(C)cc1. The molecular weight excluding hydrogens is 568 g/mol. The lowest BCUT2D eigenvalue weighted by Crippen LogP contribution is -2.21. The van der Waals surface area contributed by atoms with Crippen molar-refractivity contribution in [3.05, 3.63) is 123 Å². The number of benzene rings is 4. The minimum absolute atomic E-state index is 0.0388. The van der Waals surface area contributed by atoms with Gasteiger partial charge in [-0.25, -0.2) is 4.79 Å². The number of nitrogens with two attached hydrogens (primary N) is 1. The molecule has 4 aromatic rings. The highest BCUT2D eigenvalue weighted by Crippen LogP contribution is 2.45.